The second-order valence-electron chi connectivity index (χ2n) is 6.02. The van der Waals surface area contributed by atoms with E-state index in [-0.39, 0.29) is 24.3 Å². The fourth-order valence-electron chi connectivity index (χ4n) is 2.40. The van der Waals surface area contributed by atoms with Crippen LogP contribution in [0.2, 0.25) is 0 Å². The highest BCUT2D eigenvalue weighted by Gasteiger charge is 2.12. The zero-order valence-corrected chi connectivity index (χ0v) is 13.7. The number of nitriles is 1. The average Bonchev–Trinajstić information content (AvgIpc) is 2.94. The summed E-state index contributed by atoms with van der Waals surface area (Å²) in [6.45, 7) is 6.35. The molecule has 120 valence electrons. The van der Waals surface area contributed by atoms with E-state index in [0.717, 1.165) is 12.0 Å². The van der Waals surface area contributed by atoms with E-state index in [4.69, 9.17) is 5.26 Å². The van der Waals surface area contributed by atoms with Crippen molar-refractivity contribution in [1.29, 1.82) is 5.26 Å². The van der Waals surface area contributed by atoms with Gasteiger partial charge in [0.1, 0.15) is 18.9 Å². The molecular formula is C17H21N5O. The Morgan fingerprint density at radius 1 is 1.30 bits per heavy atom. The maximum Gasteiger partial charge on any atom is 0.240 e. The van der Waals surface area contributed by atoms with Crippen LogP contribution in [0.5, 0.6) is 0 Å². The molecule has 1 aromatic carbocycles. The molecule has 0 aliphatic heterocycles. The number of nitrogens with one attached hydrogen (secondary N) is 1. The lowest BCUT2D eigenvalue weighted by molar-refractivity contribution is -0.122. The van der Waals surface area contributed by atoms with Crippen LogP contribution in [0.1, 0.15) is 43.8 Å². The summed E-state index contributed by atoms with van der Waals surface area (Å²) >= 11 is 0. The number of aromatic nitrogens is 3. The van der Waals surface area contributed by atoms with Gasteiger partial charge < -0.3 is 5.32 Å². The number of carbonyl (C=O) groups excluding carboxylic acids is 1. The first kappa shape index (κ1) is 16.7. The summed E-state index contributed by atoms with van der Waals surface area (Å²) in [5.41, 5.74) is 2.35. The number of hydrogen-bond donors (Lipinski definition) is 1. The molecule has 1 atom stereocenters. The van der Waals surface area contributed by atoms with Crippen molar-refractivity contribution in [2.75, 3.05) is 0 Å². The number of nitrogens with zero attached hydrogens (tertiary/aromatic N) is 4. The third-order valence-corrected chi connectivity index (χ3v) is 3.53. The van der Waals surface area contributed by atoms with Gasteiger partial charge in [-0.3, -0.25) is 9.36 Å². The van der Waals surface area contributed by atoms with Crippen LogP contribution in [0.25, 0.3) is 0 Å². The molecule has 0 spiro atoms. The molecule has 0 aliphatic rings. The molecule has 0 unspecified atom stereocenters. The highest BCUT2D eigenvalue weighted by atomic mass is 16.2. The summed E-state index contributed by atoms with van der Waals surface area (Å²) in [6, 6.07) is 10.1. The molecule has 1 heterocycles. The molecule has 2 aromatic rings. The second-order valence-corrected chi connectivity index (χ2v) is 6.02. The predicted octanol–water partition coefficient (Wildman–Crippen LogP) is 2.23. The first-order valence-electron chi connectivity index (χ1n) is 7.65. The zero-order valence-electron chi connectivity index (χ0n) is 13.7. The normalized spacial score (nSPS) is 12.0. The fourth-order valence-corrected chi connectivity index (χ4v) is 2.40. The van der Waals surface area contributed by atoms with Gasteiger partial charge in [-0.15, -0.1) is 10.2 Å². The molecular weight excluding hydrogens is 290 g/mol. The molecule has 6 nitrogen and oxygen atoms in total. The van der Waals surface area contributed by atoms with E-state index in [2.05, 4.69) is 41.5 Å². The van der Waals surface area contributed by atoms with Gasteiger partial charge in [-0.2, -0.15) is 5.26 Å². The maximum absolute atomic E-state index is 12.1. The Morgan fingerprint density at radius 2 is 2.00 bits per heavy atom. The van der Waals surface area contributed by atoms with Crippen LogP contribution in [0.4, 0.5) is 0 Å². The van der Waals surface area contributed by atoms with E-state index in [1.165, 1.54) is 16.5 Å². The van der Waals surface area contributed by atoms with Gasteiger partial charge in [0.15, 0.2) is 0 Å². The minimum atomic E-state index is -0.181. The molecule has 6 heteroatoms. The molecule has 0 saturated carbocycles. The van der Waals surface area contributed by atoms with Crippen LogP contribution < -0.4 is 5.32 Å². The molecule has 0 saturated heterocycles. The minimum Gasteiger partial charge on any atom is -0.348 e. The summed E-state index contributed by atoms with van der Waals surface area (Å²) < 4.78 is 1.42. The van der Waals surface area contributed by atoms with Gasteiger partial charge >= 0.3 is 0 Å². The lowest BCUT2D eigenvalue weighted by Gasteiger charge is -2.15. The van der Waals surface area contributed by atoms with Gasteiger partial charge in [0.2, 0.25) is 11.7 Å². The molecule has 0 aliphatic carbocycles. The maximum atomic E-state index is 12.1. The van der Waals surface area contributed by atoms with Gasteiger partial charge in [-0.1, -0.05) is 38.1 Å². The first-order valence-corrected chi connectivity index (χ1v) is 7.65. The molecule has 2 rings (SSSR count). The van der Waals surface area contributed by atoms with Crippen molar-refractivity contribution >= 4 is 5.91 Å². The van der Waals surface area contributed by atoms with Crippen molar-refractivity contribution < 1.29 is 4.79 Å². The van der Waals surface area contributed by atoms with Crippen LogP contribution >= 0.6 is 0 Å². The number of amides is 1. The number of rotatable bonds is 6. The van der Waals surface area contributed by atoms with E-state index in [1.54, 1.807) is 0 Å². The Kier molecular flexibility index (Phi) is 5.47. The number of hydrogen-bond acceptors (Lipinski definition) is 4. The smallest absolute Gasteiger partial charge is 0.240 e. The molecule has 0 fully saturated rings. The van der Waals surface area contributed by atoms with E-state index >= 15 is 0 Å². The van der Waals surface area contributed by atoms with Crippen molar-refractivity contribution in [3.63, 3.8) is 0 Å². The molecule has 1 amide bonds. The van der Waals surface area contributed by atoms with Crippen molar-refractivity contribution in [1.82, 2.24) is 20.1 Å². The van der Waals surface area contributed by atoms with Gasteiger partial charge in [-0.25, -0.2) is 0 Å². The fraction of sp³-hybridized carbons (Fsp3) is 0.412. The highest BCUT2D eigenvalue weighted by Crippen LogP contribution is 2.15. The molecule has 1 N–H and O–H groups in total. The number of carbonyl (C=O) groups is 1. The van der Waals surface area contributed by atoms with Crippen LogP contribution in [0.15, 0.2) is 30.6 Å². The third-order valence-electron chi connectivity index (χ3n) is 3.53. The van der Waals surface area contributed by atoms with E-state index in [0.29, 0.717) is 5.92 Å². The summed E-state index contributed by atoms with van der Waals surface area (Å²) in [5, 5.41) is 19.0. The summed E-state index contributed by atoms with van der Waals surface area (Å²) in [6.07, 6.45) is 2.43. The van der Waals surface area contributed by atoms with E-state index in [1.807, 2.05) is 25.1 Å². The lowest BCUT2D eigenvalue weighted by atomic mass is 10.00. The topological polar surface area (TPSA) is 83.6 Å². The van der Waals surface area contributed by atoms with Crippen LogP contribution in [0.3, 0.4) is 0 Å². The van der Waals surface area contributed by atoms with Crippen LogP contribution in [0, 0.1) is 17.2 Å². The average molecular weight is 311 g/mol. The summed E-state index contributed by atoms with van der Waals surface area (Å²) in [5.74, 6) is 0.571. The Morgan fingerprint density at radius 3 is 2.61 bits per heavy atom. The Bertz CT molecular complexity index is 697. The van der Waals surface area contributed by atoms with Gasteiger partial charge in [0.25, 0.3) is 0 Å². The number of benzene rings is 1. The Hall–Kier alpha value is -2.68. The Balaban J connectivity index is 1.94. The standard InChI is InChI=1S/C17H21N5O/c1-12(2)8-14-4-6-15(7-5-14)13(3)20-17(23)10-22-11-19-21-16(22)9-18/h4-7,11-13H,8,10H2,1-3H3,(H,20,23)/t13-/m0/s1. The Labute approximate surface area is 136 Å². The minimum absolute atomic E-state index is 0.0334. The quantitative estimate of drug-likeness (QED) is 0.886. The summed E-state index contributed by atoms with van der Waals surface area (Å²) in [7, 11) is 0. The van der Waals surface area contributed by atoms with Crippen molar-refractivity contribution in [3.8, 4) is 6.07 Å². The monoisotopic (exact) mass is 311 g/mol. The third kappa shape index (κ3) is 4.65. The first-order chi connectivity index (χ1) is 11.0. The largest absolute Gasteiger partial charge is 0.348 e. The van der Waals surface area contributed by atoms with Gasteiger partial charge in [-0.05, 0) is 30.4 Å². The highest BCUT2D eigenvalue weighted by molar-refractivity contribution is 5.76. The van der Waals surface area contributed by atoms with E-state index < -0.39 is 0 Å². The summed E-state index contributed by atoms with van der Waals surface area (Å²) in [4.78, 5) is 12.1. The molecule has 0 radical (unpaired) electrons. The second kappa shape index (κ2) is 7.54. The van der Waals surface area contributed by atoms with Gasteiger partial charge in [0.05, 0.1) is 6.04 Å². The van der Waals surface area contributed by atoms with E-state index in [9.17, 15) is 4.79 Å². The van der Waals surface area contributed by atoms with Crippen molar-refractivity contribution in [2.45, 2.75) is 39.8 Å². The van der Waals surface area contributed by atoms with Crippen molar-refractivity contribution in [2.24, 2.45) is 5.92 Å². The van der Waals surface area contributed by atoms with Crippen LogP contribution in [-0.2, 0) is 17.8 Å². The zero-order chi connectivity index (χ0) is 16.8. The van der Waals surface area contributed by atoms with Crippen LogP contribution in [-0.4, -0.2) is 20.7 Å². The SMILES string of the molecule is CC(C)Cc1ccc([C@H](C)NC(=O)Cn2cnnc2C#N)cc1. The lowest BCUT2D eigenvalue weighted by Crippen LogP contribution is -2.30. The molecule has 0 bridgehead atoms. The predicted molar refractivity (Wildman–Crippen MR) is 86.3 cm³/mol. The van der Waals surface area contributed by atoms with Gasteiger partial charge in [0, 0.05) is 0 Å². The molecule has 23 heavy (non-hydrogen) atoms. The molecule has 1 aromatic heterocycles. The van der Waals surface area contributed by atoms with Crippen molar-refractivity contribution in [3.05, 3.63) is 47.5 Å².